The molecular formula is C15H13N3O2. The molecule has 0 radical (unpaired) electrons. The second-order valence-corrected chi connectivity index (χ2v) is 4.10. The highest BCUT2D eigenvalue weighted by Crippen LogP contribution is 2.21. The Morgan fingerprint density at radius 2 is 2.10 bits per heavy atom. The number of benzene rings is 2. The maximum Gasteiger partial charge on any atom is 0.257 e. The van der Waals surface area contributed by atoms with Crippen LogP contribution in [-0.2, 0) is 0 Å². The van der Waals surface area contributed by atoms with Crippen molar-refractivity contribution < 1.29 is 9.53 Å². The molecule has 3 N–H and O–H groups in total. The molecule has 0 saturated heterocycles. The largest absolute Gasteiger partial charge is 0.497 e. The Bertz CT molecular complexity index is 690. The Morgan fingerprint density at radius 1 is 1.30 bits per heavy atom. The number of carbonyl (C=O) groups excluding carboxylic acids is 1. The van der Waals surface area contributed by atoms with Gasteiger partial charge < -0.3 is 15.8 Å². The normalized spacial score (nSPS) is 9.60. The summed E-state index contributed by atoms with van der Waals surface area (Å²) in [5.74, 6) is 0.255. The van der Waals surface area contributed by atoms with Gasteiger partial charge in [-0.2, -0.15) is 5.26 Å². The lowest BCUT2D eigenvalue weighted by Crippen LogP contribution is -2.14. The van der Waals surface area contributed by atoms with Crippen LogP contribution in [0.1, 0.15) is 15.9 Å². The molecule has 0 aliphatic heterocycles. The summed E-state index contributed by atoms with van der Waals surface area (Å²) >= 11 is 0. The van der Waals surface area contributed by atoms with Crippen molar-refractivity contribution in [3.63, 3.8) is 0 Å². The summed E-state index contributed by atoms with van der Waals surface area (Å²) in [5.41, 5.74) is 7.52. The molecule has 0 heterocycles. The van der Waals surface area contributed by atoms with Crippen LogP contribution in [0.5, 0.6) is 5.75 Å². The van der Waals surface area contributed by atoms with Gasteiger partial charge in [-0.05, 0) is 30.3 Å². The van der Waals surface area contributed by atoms with Gasteiger partial charge >= 0.3 is 0 Å². The third-order valence-corrected chi connectivity index (χ3v) is 2.75. The minimum Gasteiger partial charge on any atom is -0.497 e. The standard InChI is InChI=1S/C15H13N3O2/c1-20-12-5-6-13(14(17)8-12)15(19)18-11-4-2-3-10(7-11)9-16/h2-8H,17H2,1H3,(H,18,19). The number of nitrogens with one attached hydrogen (secondary N) is 1. The van der Waals surface area contributed by atoms with Gasteiger partial charge in [0.05, 0.1) is 24.3 Å². The Balaban J connectivity index is 2.22. The van der Waals surface area contributed by atoms with Crippen LogP contribution in [0.2, 0.25) is 0 Å². The molecule has 2 aromatic rings. The first kappa shape index (κ1) is 13.4. The van der Waals surface area contributed by atoms with Crippen LogP contribution in [0.15, 0.2) is 42.5 Å². The molecular weight excluding hydrogens is 254 g/mol. The number of nitriles is 1. The molecule has 0 bridgehead atoms. The molecule has 5 heteroatoms. The summed E-state index contributed by atoms with van der Waals surface area (Å²) in [4.78, 5) is 12.1. The Morgan fingerprint density at radius 3 is 2.75 bits per heavy atom. The van der Waals surface area contributed by atoms with Crippen LogP contribution >= 0.6 is 0 Å². The van der Waals surface area contributed by atoms with E-state index in [1.807, 2.05) is 6.07 Å². The number of hydrogen-bond donors (Lipinski definition) is 2. The Hall–Kier alpha value is -3.00. The van der Waals surface area contributed by atoms with Gasteiger partial charge in [-0.1, -0.05) is 6.07 Å². The average Bonchev–Trinajstić information content (AvgIpc) is 2.47. The van der Waals surface area contributed by atoms with Crippen molar-refractivity contribution in [3.05, 3.63) is 53.6 Å². The van der Waals surface area contributed by atoms with Gasteiger partial charge in [0.25, 0.3) is 5.91 Å². The van der Waals surface area contributed by atoms with Crippen molar-refractivity contribution in [1.82, 2.24) is 0 Å². The van der Waals surface area contributed by atoms with Crippen molar-refractivity contribution in [1.29, 1.82) is 5.26 Å². The van der Waals surface area contributed by atoms with E-state index >= 15 is 0 Å². The van der Waals surface area contributed by atoms with Crippen molar-refractivity contribution in [2.45, 2.75) is 0 Å². The van der Waals surface area contributed by atoms with E-state index in [1.165, 1.54) is 7.11 Å². The maximum atomic E-state index is 12.1. The molecule has 0 aliphatic carbocycles. The number of anilines is 2. The van der Waals surface area contributed by atoms with E-state index in [4.69, 9.17) is 15.7 Å². The molecule has 0 aromatic heterocycles. The number of carbonyl (C=O) groups is 1. The van der Waals surface area contributed by atoms with Crippen LogP contribution in [0, 0.1) is 11.3 Å². The van der Waals surface area contributed by atoms with Crippen molar-refractivity contribution >= 4 is 17.3 Å². The third-order valence-electron chi connectivity index (χ3n) is 2.75. The van der Waals surface area contributed by atoms with E-state index in [0.717, 1.165) is 0 Å². The third kappa shape index (κ3) is 2.87. The average molecular weight is 267 g/mol. The summed E-state index contributed by atoms with van der Waals surface area (Å²) in [7, 11) is 1.53. The quantitative estimate of drug-likeness (QED) is 0.836. The zero-order valence-corrected chi connectivity index (χ0v) is 10.9. The molecule has 1 amide bonds. The predicted molar refractivity (Wildman–Crippen MR) is 76.5 cm³/mol. The van der Waals surface area contributed by atoms with Gasteiger partial charge in [-0.15, -0.1) is 0 Å². The monoisotopic (exact) mass is 267 g/mol. The molecule has 0 atom stereocenters. The summed E-state index contributed by atoms with van der Waals surface area (Å²) in [5, 5.41) is 11.5. The maximum absolute atomic E-state index is 12.1. The van der Waals surface area contributed by atoms with E-state index in [2.05, 4.69) is 5.32 Å². The van der Waals surface area contributed by atoms with Crippen molar-refractivity contribution in [2.24, 2.45) is 0 Å². The number of rotatable bonds is 3. The fraction of sp³-hybridized carbons (Fsp3) is 0.0667. The second-order valence-electron chi connectivity index (χ2n) is 4.10. The van der Waals surface area contributed by atoms with E-state index in [9.17, 15) is 4.79 Å². The number of nitrogen functional groups attached to an aromatic ring is 1. The fourth-order valence-corrected chi connectivity index (χ4v) is 1.74. The van der Waals surface area contributed by atoms with Crippen LogP contribution in [0.3, 0.4) is 0 Å². The Kier molecular flexibility index (Phi) is 3.87. The second kappa shape index (κ2) is 5.76. The highest BCUT2D eigenvalue weighted by molar-refractivity contribution is 6.07. The lowest BCUT2D eigenvalue weighted by molar-refractivity contribution is 0.102. The molecule has 0 saturated carbocycles. The molecule has 0 spiro atoms. The van der Waals surface area contributed by atoms with Crippen molar-refractivity contribution in [3.8, 4) is 11.8 Å². The first-order valence-electron chi connectivity index (χ1n) is 5.89. The van der Waals surface area contributed by atoms with E-state index in [1.54, 1.807) is 42.5 Å². The van der Waals surface area contributed by atoms with E-state index < -0.39 is 0 Å². The lowest BCUT2D eigenvalue weighted by Gasteiger charge is -2.09. The molecule has 100 valence electrons. The first-order valence-corrected chi connectivity index (χ1v) is 5.89. The SMILES string of the molecule is COc1ccc(C(=O)Nc2cccc(C#N)c2)c(N)c1. The van der Waals surface area contributed by atoms with Crippen molar-refractivity contribution in [2.75, 3.05) is 18.2 Å². The summed E-state index contributed by atoms with van der Waals surface area (Å²) in [6.45, 7) is 0. The number of nitrogens with zero attached hydrogens (tertiary/aromatic N) is 1. The minimum absolute atomic E-state index is 0.332. The van der Waals surface area contributed by atoms with Gasteiger partial charge in [0.2, 0.25) is 0 Å². The van der Waals surface area contributed by atoms with Gasteiger partial charge in [-0.3, -0.25) is 4.79 Å². The van der Waals surface area contributed by atoms with Gasteiger partial charge in [0.15, 0.2) is 0 Å². The lowest BCUT2D eigenvalue weighted by atomic mass is 10.1. The van der Waals surface area contributed by atoms with Crippen LogP contribution < -0.4 is 15.8 Å². The summed E-state index contributed by atoms with van der Waals surface area (Å²) in [6, 6.07) is 13.5. The van der Waals surface area contributed by atoms with Crippen LogP contribution in [0.4, 0.5) is 11.4 Å². The van der Waals surface area contributed by atoms with Crippen LogP contribution in [-0.4, -0.2) is 13.0 Å². The molecule has 2 aromatic carbocycles. The topological polar surface area (TPSA) is 88.1 Å². The molecule has 0 unspecified atom stereocenters. The van der Waals surface area contributed by atoms with E-state index in [-0.39, 0.29) is 5.91 Å². The highest BCUT2D eigenvalue weighted by Gasteiger charge is 2.11. The molecule has 2 rings (SSSR count). The summed E-state index contributed by atoms with van der Waals surface area (Å²) in [6.07, 6.45) is 0. The predicted octanol–water partition coefficient (Wildman–Crippen LogP) is 2.40. The molecule has 0 fully saturated rings. The number of nitrogens with two attached hydrogens (primary N) is 1. The Labute approximate surface area is 116 Å². The smallest absolute Gasteiger partial charge is 0.257 e. The highest BCUT2D eigenvalue weighted by atomic mass is 16.5. The number of ether oxygens (including phenoxy) is 1. The number of hydrogen-bond acceptors (Lipinski definition) is 4. The fourth-order valence-electron chi connectivity index (χ4n) is 1.74. The minimum atomic E-state index is -0.333. The van der Waals surface area contributed by atoms with Gasteiger partial charge in [0.1, 0.15) is 5.75 Å². The van der Waals surface area contributed by atoms with Gasteiger partial charge in [-0.25, -0.2) is 0 Å². The summed E-state index contributed by atoms with van der Waals surface area (Å²) < 4.78 is 5.03. The van der Waals surface area contributed by atoms with Gasteiger partial charge in [0, 0.05) is 17.4 Å². The van der Waals surface area contributed by atoms with E-state index in [0.29, 0.717) is 28.3 Å². The number of amides is 1. The van der Waals surface area contributed by atoms with Crippen LogP contribution in [0.25, 0.3) is 0 Å². The zero-order valence-electron chi connectivity index (χ0n) is 10.9. The number of methoxy groups -OCH3 is 1. The molecule has 0 aliphatic rings. The zero-order chi connectivity index (χ0) is 14.5. The molecule has 20 heavy (non-hydrogen) atoms. The molecule has 5 nitrogen and oxygen atoms in total. The first-order chi connectivity index (χ1) is 9.63.